The summed E-state index contributed by atoms with van der Waals surface area (Å²) in [7, 11) is 0. The lowest BCUT2D eigenvalue weighted by atomic mass is 9.96. The second-order valence-corrected chi connectivity index (χ2v) is 16.3. The summed E-state index contributed by atoms with van der Waals surface area (Å²) >= 11 is 0. The molecule has 3 rings (SSSR count). The summed E-state index contributed by atoms with van der Waals surface area (Å²) in [5, 5.41) is 5.87. The first-order valence-corrected chi connectivity index (χ1v) is 19.4. The van der Waals surface area contributed by atoms with Crippen molar-refractivity contribution < 1.29 is 28.7 Å². The fourth-order valence-electron chi connectivity index (χ4n) is 6.44. The molecule has 294 valence electrons. The van der Waals surface area contributed by atoms with Crippen LogP contribution < -0.4 is 10.6 Å². The van der Waals surface area contributed by atoms with Crippen LogP contribution in [0, 0.1) is 13.8 Å². The van der Waals surface area contributed by atoms with E-state index in [0.29, 0.717) is 12.0 Å². The third kappa shape index (κ3) is 15.4. The van der Waals surface area contributed by atoms with Crippen LogP contribution in [0.3, 0.4) is 0 Å². The molecule has 0 spiro atoms. The van der Waals surface area contributed by atoms with Crippen molar-refractivity contribution in [1.29, 1.82) is 0 Å². The number of hydrogen-bond acceptors (Lipinski definition) is 6. The van der Waals surface area contributed by atoms with Crippen LogP contribution in [0.2, 0.25) is 0 Å². The molecule has 3 atom stereocenters. The van der Waals surface area contributed by atoms with E-state index in [4.69, 9.17) is 9.47 Å². The molecule has 0 saturated carbocycles. The Morgan fingerprint density at radius 1 is 0.648 bits per heavy atom. The minimum Gasteiger partial charge on any atom is -0.458 e. The summed E-state index contributed by atoms with van der Waals surface area (Å²) in [6.45, 7) is 17.0. The zero-order valence-electron chi connectivity index (χ0n) is 34.0. The highest BCUT2D eigenvalue weighted by Crippen LogP contribution is 2.27. The maximum atomic E-state index is 15.1. The predicted molar refractivity (Wildman–Crippen MR) is 215 cm³/mol. The van der Waals surface area contributed by atoms with Gasteiger partial charge in [-0.25, -0.2) is 9.59 Å². The van der Waals surface area contributed by atoms with Crippen molar-refractivity contribution in [2.75, 3.05) is 6.54 Å². The number of ether oxygens (including phenoxy) is 2. The molecule has 3 unspecified atom stereocenters. The number of carbonyl (C=O) groups is 4. The highest BCUT2D eigenvalue weighted by atomic mass is 16.6. The summed E-state index contributed by atoms with van der Waals surface area (Å²) in [6.07, 6.45) is 5.48. The largest absolute Gasteiger partial charge is 0.458 e. The van der Waals surface area contributed by atoms with Gasteiger partial charge in [0.2, 0.25) is 11.8 Å². The predicted octanol–water partition coefficient (Wildman–Crippen LogP) is 8.74. The molecule has 3 aromatic carbocycles. The number of alkyl carbamates (subject to hydrolysis) is 1. The van der Waals surface area contributed by atoms with Gasteiger partial charge in [0, 0.05) is 19.4 Å². The Hall–Kier alpha value is -4.66. The van der Waals surface area contributed by atoms with Crippen molar-refractivity contribution in [3.05, 3.63) is 107 Å². The minimum absolute atomic E-state index is 0.182. The van der Waals surface area contributed by atoms with Gasteiger partial charge in [-0.2, -0.15) is 0 Å². The van der Waals surface area contributed by atoms with Gasteiger partial charge in [-0.15, -0.1) is 0 Å². The smallest absolute Gasteiger partial charge is 0.408 e. The van der Waals surface area contributed by atoms with E-state index in [1.54, 1.807) is 46.4 Å². The van der Waals surface area contributed by atoms with E-state index in [1.807, 2.05) is 92.7 Å². The number of aryl methyl sites for hydroxylation is 2. The number of amides is 3. The van der Waals surface area contributed by atoms with Gasteiger partial charge in [0.05, 0.1) is 0 Å². The second-order valence-electron chi connectivity index (χ2n) is 16.3. The maximum absolute atomic E-state index is 15.1. The Labute approximate surface area is 323 Å². The molecule has 0 heterocycles. The summed E-state index contributed by atoms with van der Waals surface area (Å²) in [5.41, 5.74) is 2.57. The highest BCUT2D eigenvalue weighted by molar-refractivity contribution is 5.94. The van der Waals surface area contributed by atoms with Gasteiger partial charge in [0.1, 0.15) is 29.3 Å². The van der Waals surface area contributed by atoms with E-state index in [9.17, 15) is 14.4 Å². The minimum atomic E-state index is -1.12. The molecule has 0 fully saturated rings. The van der Waals surface area contributed by atoms with E-state index in [0.717, 1.165) is 54.4 Å². The van der Waals surface area contributed by atoms with Gasteiger partial charge in [-0.3, -0.25) is 9.59 Å². The van der Waals surface area contributed by atoms with Gasteiger partial charge in [-0.05, 0) is 78.5 Å². The van der Waals surface area contributed by atoms with Crippen LogP contribution in [0.25, 0.3) is 0 Å². The van der Waals surface area contributed by atoms with Crippen molar-refractivity contribution in [3.8, 4) is 0 Å². The number of esters is 1. The second kappa shape index (κ2) is 20.7. The summed E-state index contributed by atoms with van der Waals surface area (Å²) in [6, 6.07) is 21.5. The lowest BCUT2D eigenvalue weighted by Gasteiger charge is -2.36. The Kier molecular flexibility index (Phi) is 16.8. The van der Waals surface area contributed by atoms with Crippen molar-refractivity contribution in [3.63, 3.8) is 0 Å². The fraction of sp³-hybridized carbons (Fsp3) is 0.511. The Morgan fingerprint density at radius 2 is 1.15 bits per heavy atom. The lowest BCUT2D eigenvalue weighted by molar-refractivity contribution is -0.159. The van der Waals surface area contributed by atoms with Crippen LogP contribution in [-0.4, -0.2) is 58.6 Å². The van der Waals surface area contributed by atoms with Gasteiger partial charge < -0.3 is 25.0 Å². The topological polar surface area (TPSA) is 114 Å². The van der Waals surface area contributed by atoms with E-state index in [2.05, 4.69) is 17.6 Å². The van der Waals surface area contributed by atoms with Crippen LogP contribution in [0.5, 0.6) is 0 Å². The van der Waals surface area contributed by atoms with Crippen LogP contribution in [-0.2, 0) is 36.7 Å². The molecular formula is C45H63N3O6. The number of nitrogens with zero attached hydrogens (tertiary/aromatic N) is 1. The Balaban J connectivity index is 2.15. The van der Waals surface area contributed by atoms with Crippen molar-refractivity contribution in [2.24, 2.45) is 0 Å². The number of benzene rings is 3. The van der Waals surface area contributed by atoms with Gasteiger partial charge in [0.25, 0.3) is 0 Å². The number of hydrogen-bond donors (Lipinski definition) is 2. The highest BCUT2D eigenvalue weighted by Gasteiger charge is 2.38. The van der Waals surface area contributed by atoms with Crippen LogP contribution >= 0.6 is 0 Å². The van der Waals surface area contributed by atoms with Crippen LogP contribution in [0.1, 0.15) is 121 Å². The van der Waals surface area contributed by atoms with Crippen molar-refractivity contribution >= 4 is 23.9 Å². The van der Waals surface area contributed by atoms with Gasteiger partial charge in [0.15, 0.2) is 0 Å². The van der Waals surface area contributed by atoms with Crippen LogP contribution in [0.15, 0.2) is 78.9 Å². The molecule has 0 bridgehead atoms. The van der Waals surface area contributed by atoms with Gasteiger partial charge in [-0.1, -0.05) is 129 Å². The molecule has 0 aliphatic rings. The molecular weight excluding hydrogens is 679 g/mol. The average Bonchev–Trinajstić information content (AvgIpc) is 3.07. The number of nitrogens with one attached hydrogen (secondary N) is 2. The molecule has 3 aromatic rings. The van der Waals surface area contributed by atoms with Crippen molar-refractivity contribution in [1.82, 2.24) is 15.5 Å². The zero-order chi connectivity index (χ0) is 39.9. The normalized spacial score (nSPS) is 13.3. The van der Waals surface area contributed by atoms with E-state index >= 15 is 4.79 Å². The Morgan fingerprint density at radius 3 is 1.67 bits per heavy atom. The molecule has 54 heavy (non-hydrogen) atoms. The maximum Gasteiger partial charge on any atom is 0.408 e. The van der Waals surface area contributed by atoms with Crippen molar-refractivity contribution in [2.45, 2.75) is 143 Å². The monoisotopic (exact) mass is 741 g/mol. The molecule has 9 nitrogen and oxygen atoms in total. The molecule has 0 aliphatic heterocycles. The summed E-state index contributed by atoms with van der Waals surface area (Å²) in [4.78, 5) is 58.6. The summed E-state index contributed by atoms with van der Waals surface area (Å²) in [5.74, 6) is -1.50. The van der Waals surface area contributed by atoms with E-state index in [-0.39, 0.29) is 19.4 Å². The number of carbonyl (C=O) groups excluding carboxylic acids is 4. The van der Waals surface area contributed by atoms with Gasteiger partial charge >= 0.3 is 12.1 Å². The van der Waals surface area contributed by atoms with Crippen LogP contribution in [0.4, 0.5) is 4.79 Å². The Bertz CT molecular complexity index is 1630. The molecule has 0 aromatic heterocycles. The number of rotatable bonds is 18. The first-order chi connectivity index (χ1) is 25.5. The number of unbranched alkanes of at least 4 members (excludes halogenated alkanes) is 5. The van der Waals surface area contributed by atoms with E-state index < -0.39 is 53.2 Å². The molecule has 0 saturated heterocycles. The fourth-order valence-corrected chi connectivity index (χ4v) is 6.44. The molecule has 9 heteroatoms. The first-order valence-electron chi connectivity index (χ1n) is 19.4. The molecule has 2 N–H and O–H groups in total. The third-order valence-electron chi connectivity index (χ3n) is 8.72. The first kappa shape index (κ1) is 43.7. The zero-order valence-corrected chi connectivity index (χ0v) is 34.0. The average molecular weight is 742 g/mol. The molecule has 0 radical (unpaired) electrons. The summed E-state index contributed by atoms with van der Waals surface area (Å²) < 4.78 is 11.4. The standard InChI is InChI=1S/C45H63N3O6/c1-10-11-12-13-14-21-26-48(41(50)37(30-34-22-17-15-18-23-34)47-43(52)54-45(7,8)9)39(36-28-32(2)27-33(3)29-36)40(49)46-38(42(51)53-44(4,5)6)31-35-24-19-16-20-25-35/h15-20,22-25,27-29,37-39H,10-14,21,26,30-31H2,1-9H3,(H,46,49)(H,47,52). The third-order valence-corrected chi connectivity index (χ3v) is 8.72. The van der Waals surface area contributed by atoms with E-state index in [1.165, 1.54) is 0 Å². The molecule has 3 amide bonds. The quantitative estimate of drug-likeness (QED) is 0.0996. The lowest BCUT2D eigenvalue weighted by Crippen LogP contribution is -2.55. The SMILES string of the molecule is CCCCCCCCN(C(=O)C(Cc1ccccc1)NC(=O)OC(C)(C)C)C(C(=O)NC(Cc1ccccc1)C(=O)OC(C)(C)C)c1cc(C)cc(C)c1. The molecule has 0 aliphatic carbocycles.